The fourth-order valence-electron chi connectivity index (χ4n) is 5.68. The number of unbranched alkanes of at least 4 members (excludes halogenated alkanes) is 26. The van der Waals surface area contributed by atoms with Crippen molar-refractivity contribution in [3.05, 3.63) is 18.7 Å². The summed E-state index contributed by atoms with van der Waals surface area (Å²) in [7, 11) is 0. The van der Waals surface area contributed by atoms with Crippen LogP contribution >= 0.6 is 0 Å². The van der Waals surface area contributed by atoms with E-state index < -0.39 is 0 Å². The summed E-state index contributed by atoms with van der Waals surface area (Å²) < 4.78 is 4.81. The molecular formula is C35H69N2+. The van der Waals surface area contributed by atoms with Crippen molar-refractivity contribution >= 4 is 0 Å². The molecule has 0 atom stereocenters. The summed E-state index contributed by atoms with van der Waals surface area (Å²) in [6.07, 6.45) is 47.2. The topological polar surface area (TPSA) is 8.81 Å². The lowest BCUT2D eigenvalue weighted by Crippen LogP contribution is -2.30. The van der Waals surface area contributed by atoms with Gasteiger partial charge in [-0.3, -0.25) is 0 Å². The van der Waals surface area contributed by atoms with Crippen molar-refractivity contribution in [1.29, 1.82) is 0 Å². The molecule has 0 radical (unpaired) electrons. The zero-order chi connectivity index (χ0) is 26.5. The number of rotatable bonds is 30. The average molecular weight is 518 g/mol. The third-order valence-corrected chi connectivity index (χ3v) is 8.29. The van der Waals surface area contributed by atoms with Gasteiger partial charge >= 0.3 is 0 Å². The summed E-state index contributed by atoms with van der Waals surface area (Å²) in [5, 5.41) is 0. The molecule has 1 aromatic rings. The van der Waals surface area contributed by atoms with Gasteiger partial charge in [0.05, 0.1) is 13.1 Å². The molecule has 218 valence electrons. The summed E-state index contributed by atoms with van der Waals surface area (Å²) >= 11 is 0. The fraction of sp³-hybridized carbons (Fsp3) is 0.914. The summed E-state index contributed by atoms with van der Waals surface area (Å²) in [6.45, 7) is 7.00. The second-order valence-electron chi connectivity index (χ2n) is 12.1. The second kappa shape index (κ2) is 28.2. The molecule has 0 amide bonds. The lowest BCUT2D eigenvalue weighted by molar-refractivity contribution is -0.696. The smallest absolute Gasteiger partial charge is 0.237 e. The molecule has 0 aromatic carbocycles. The van der Waals surface area contributed by atoms with Gasteiger partial charge in [-0.1, -0.05) is 168 Å². The van der Waals surface area contributed by atoms with Crippen LogP contribution in [0.15, 0.2) is 18.7 Å². The Morgan fingerprint density at radius 2 is 0.730 bits per heavy atom. The van der Waals surface area contributed by atoms with Gasteiger partial charge in [-0.2, -0.15) is 0 Å². The van der Waals surface area contributed by atoms with Crippen LogP contribution in [0.4, 0.5) is 0 Å². The van der Waals surface area contributed by atoms with E-state index in [-0.39, 0.29) is 0 Å². The van der Waals surface area contributed by atoms with E-state index in [2.05, 4.69) is 41.7 Å². The predicted molar refractivity (Wildman–Crippen MR) is 165 cm³/mol. The zero-order valence-corrected chi connectivity index (χ0v) is 25.8. The van der Waals surface area contributed by atoms with E-state index >= 15 is 0 Å². The molecule has 1 heterocycles. The highest BCUT2D eigenvalue weighted by Crippen LogP contribution is 2.14. The van der Waals surface area contributed by atoms with Gasteiger partial charge in [0.25, 0.3) is 0 Å². The third-order valence-electron chi connectivity index (χ3n) is 8.29. The molecule has 0 aliphatic rings. The van der Waals surface area contributed by atoms with Gasteiger partial charge in [0.15, 0.2) is 0 Å². The largest absolute Gasteiger partial charge is 0.243 e. The Bertz CT molecular complexity index is 549. The van der Waals surface area contributed by atoms with Crippen LogP contribution in [0.3, 0.4) is 0 Å². The third kappa shape index (κ3) is 24.0. The maximum atomic E-state index is 2.41. The van der Waals surface area contributed by atoms with E-state index in [0.29, 0.717) is 0 Å². The first-order valence-electron chi connectivity index (χ1n) is 17.4. The molecule has 0 aliphatic heterocycles. The molecule has 1 aromatic heterocycles. The minimum absolute atomic E-state index is 1.20. The first-order valence-corrected chi connectivity index (χ1v) is 17.4. The quantitative estimate of drug-likeness (QED) is 0.0708. The van der Waals surface area contributed by atoms with Crippen LogP contribution in [0.2, 0.25) is 0 Å². The van der Waals surface area contributed by atoms with Gasteiger partial charge in [-0.15, -0.1) is 0 Å². The number of aromatic nitrogens is 2. The molecule has 2 nitrogen and oxygen atoms in total. The Kier molecular flexibility index (Phi) is 26.1. The Morgan fingerprint density at radius 3 is 1.11 bits per heavy atom. The normalized spacial score (nSPS) is 11.5. The molecule has 2 heteroatoms. The number of aryl methyl sites for hydroxylation is 2. The van der Waals surface area contributed by atoms with Crippen LogP contribution in [-0.2, 0) is 13.1 Å². The Morgan fingerprint density at radius 1 is 0.405 bits per heavy atom. The van der Waals surface area contributed by atoms with Crippen molar-refractivity contribution in [3.63, 3.8) is 0 Å². The molecule has 0 fully saturated rings. The van der Waals surface area contributed by atoms with Crippen molar-refractivity contribution in [2.45, 2.75) is 207 Å². The lowest BCUT2D eigenvalue weighted by atomic mass is 10.0. The van der Waals surface area contributed by atoms with Crippen LogP contribution in [0.25, 0.3) is 0 Å². The summed E-state index contributed by atoms with van der Waals surface area (Å²) in [6, 6.07) is 0. The van der Waals surface area contributed by atoms with Crippen LogP contribution < -0.4 is 4.57 Å². The Hall–Kier alpha value is -0.790. The van der Waals surface area contributed by atoms with Crippen molar-refractivity contribution in [1.82, 2.24) is 4.57 Å². The van der Waals surface area contributed by atoms with Crippen LogP contribution in [-0.4, -0.2) is 4.57 Å². The standard InChI is InChI=1S/C35H69N2/c1-3-5-7-9-11-13-15-16-17-18-19-20-22-24-26-28-30-32-37-34-33-36(35-37)31-29-27-25-23-21-14-12-10-8-6-4-2/h33-35H,3-32H2,1-2H3/q+1. The van der Waals surface area contributed by atoms with E-state index in [0.717, 1.165) is 0 Å². The molecule has 37 heavy (non-hydrogen) atoms. The van der Waals surface area contributed by atoms with Crippen molar-refractivity contribution in [2.24, 2.45) is 0 Å². The summed E-state index contributed by atoms with van der Waals surface area (Å²) in [4.78, 5) is 0. The van der Waals surface area contributed by atoms with Crippen molar-refractivity contribution < 1.29 is 4.57 Å². The maximum absolute atomic E-state index is 2.41. The molecule has 0 unspecified atom stereocenters. The van der Waals surface area contributed by atoms with Crippen molar-refractivity contribution in [2.75, 3.05) is 0 Å². The molecule has 0 aliphatic carbocycles. The van der Waals surface area contributed by atoms with E-state index in [9.17, 15) is 0 Å². The second-order valence-corrected chi connectivity index (χ2v) is 12.1. The monoisotopic (exact) mass is 518 g/mol. The number of nitrogens with zero attached hydrogens (tertiary/aromatic N) is 2. The molecule has 0 bridgehead atoms. The van der Waals surface area contributed by atoms with Gasteiger partial charge in [-0.05, 0) is 25.7 Å². The molecule has 0 saturated heterocycles. The highest BCUT2D eigenvalue weighted by atomic mass is 15.1. The van der Waals surface area contributed by atoms with Crippen LogP contribution in [0.1, 0.15) is 194 Å². The van der Waals surface area contributed by atoms with E-state index in [1.54, 1.807) is 0 Å². The molecule has 1 rings (SSSR count). The predicted octanol–water partition coefficient (Wildman–Crippen LogP) is 11.7. The van der Waals surface area contributed by atoms with Crippen molar-refractivity contribution in [3.8, 4) is 0 Å². The first-order chi connectivity index (χ1) is 18.4. The van der Waals surface area contributed by atoms with E-state index in [1.807, 2.05) is 0 Å². The number of hydrogen-bond donors (Lipinski definition) is 0. The van der Waals surface area contributed by atoms with Gasteiger partial charge in [0, 0.05) is 0 Å². The van der Waals surface area contributed by atoms with E-state index in [4.69, 9.17) is 0 Å². The molecule has 0 N–H and O–H groups in total. The number of hydrogen-bond acceptors (Lipinski definition) is 0. The summed E-state index contributed by atoms with van der Waals surface area (Å²) in [5.41, 5.74) is 0. The molecule has 0 saturated carbocycles. The number of imidazole rings is 1. The first kappa shape index (κ1) is 34.2. The van der Waals surface area contributed by atoms with Gasteiger partial charge < -0.3 is 0 Å². The lowest BCUT2D eigenvalue weighted by Gasteiger charge is -2.03. The summed E-state index contributed by atoms with van der Waals surface area (Å²) in [5.74, 6) is 0. The Balaban J connectivity index is 1.79. The zero-order valence-electron chi connectivity index (χ0n) is 25.8. The Labute approximate surface area is 234 Å². The molecular weight excluding hydrogens is 448 g/mol. The van der Waals surface area contributed by atoms with Crippen LogP contribution in [0, 0.1) is 0 Å². The highest BCUT2D eigenvalue weighted by molar-refractivity contribution is 4.66. The van der Waals surface area contributed by atoms with Gasteiger partial charge in [0.2, 0.25) is 6.33 Å². The SMILES string of the molecule is CCCCCCCCCCCCCCCCCCCn1cc[n+](CCCCCCCCCCCCC)c1. The minimum atomic E-state index is 1.20. The minimum Gasteiger partial charge on any atom is -0.237 e. The van der Waals surface area contributed by atoms with Gasteiger partial charge in [0.1, 0.15) is 12.4 Å². The van der Waals surface area contributed by atoms with Gasteiger partial charge in [-0.25, -0.2) is 9.13 Å². The fourth-order valence-corrected chi connectivity index (χ4v) is 5.68. The highest BCUT2D eigenvalue weighted by Gasteiger charge is 2.03. The molecule has 0 spiro atoms. The van der Waals surface area contributed by atoms with Crippen LogP contribution in [0.5, 0.6) is 0 Å². The maximum Gasteiger partial charge on any atom is 0.243 e. The average Bonchev–Trinajstić information content (AvgIpc) is 3.36. The van der Waals surface area contributed by atoms with E-state index in [1.165, 1.54) is 193 Å².